The monoisotopic (exact) mass is 253 g/mol. The molecule has 1 aromatic rings. The van der Waals surface area contributed by atoms with Crippen molar-refractivity contribution in [2.24, 2.45) is 0 Å². The molecule has 0 amide bonds. The highest BCUT2D eigenvalue weighted by Crippen LogP contribution is 2.20. The van der Waals surface area contributed by atoms with Crippen molar-refractivity contribution < 1.29 is 13.2 Å². The van der Waals surface area contributed by atoms with Crippen molar-refractivity contribution in [1.29, 1.82) is 0 Å². The van der Waals surface area contributed by atoms with E-state index in [4.69, 9.17) is 0 Å². The first-order chi connectivity index (χ1) is 8.14. The molecule has 0 atom stereocenters. The highest BCUT2D eigenvalue weighted by atomic mass is 32.2. The van der Waals surface area contributed by atoms with Crippen LogP contribution in [-0.2, 0) is 10.0 Å². The Morgan fingerprint density at radius 2 is 1.82 bits per heavy atom. The number of hydrogen-bond acceptors (Lipinski definition) is 3. The lowest BCUT2D eigenvalue weighted by Crippen LogP contribution is -2.35. The molecule has 0 spiro atoms. The Bertz CT molecular complexity index is 504. The van der Waals surface area contributed by atoms with Crippen molar-refractivity contribution in [3.05, 3.63) is 29.8 Å². The fourth-order valence-corrected chi connectivity index (χ4v) is 3.58. The molecule has 1 aliphatic rings. The first kappa shape index (κ1) is 12.3. The van der Waals surface area contributed by atoms with Crippen molar-refractivity contribution in [2.75, 3.05) is 13.1 Å². The third kappa shape index (κ3) is 2.56. The van der Waals surface area contributed by atoms with Gasteiger partial charge in [0.1, 0.15) is 6.29 Å². The molecule has 0 bridgehead atoms. The Labute approximate surface area is 101 Å². The van der Waals surface area contributed by atoms with Gasteiger partial charge in [-0.1, -0.05) is 18.6 Å². The summed E-state index contributed by atoms with van der Waals surface area (Å²) in [6.07, 6.45) is 3.56. The van der Waals surface area contributed by atoms with Gasteiger partial charge in [-0.25, -0.2) is 8.42 Å². The van der Waals surface area contributed by atoms with Gasteiger partial charge >= 0.3 is 0 Å². The molecule has 0 aliphatic carbocycles. The Hall–Kier alpha value is -1.20. The number of piperidine rings is 1. The molecule has 1 heterocycles. The van der Waals surface area contributed by atoms with Crippen LogP contribution in [0.15, 0.2) is 29.2 Å². The molecule has 2 rings (SSSR count). The summed E-state index contributed by atoms with van der Waals surface area (Å²) in [6.45, 7) is 1.15. The molecule has 0 aromatic heterocycles. The molecule has 0 unspecified atom stereocenters. The summed E-state index contributed by atoms with van der Waals surface area (Å²) in [5.41, 5.74) is 0.392. The molecule has 1 aliphatic heterocycles. The van der Waals surface area contributed by atoms with Crippen LogP contribution in [0.5, 0.6) is 0 Å². The summed E-state index contributed by atoms with van der Waals surface area (Å²) in [5, 5.41) is 0. The van der Waals surface area contributed by atoms with Crippen molar-refractivity contribution in [3.8, 4) is 0 Å². The summed E-state index contributed by atoms with van der Waals surface area (Å²) in [7, 11) is -3.42. The molecule has 1 saturated heterocycles. The van der Waals surface area contributed by atoms with Crippen LogP contribution < -0.4 is 0 Å². The molecule has 0 saturated carbocycles. The maximum absolute atomic E-state index is 12.3. The van der Waals surface area contributed by atoms with Gasteiger partial charge in [0.2, 0.25) is 10.0 Å². The largest absolute Gasteiger partial charge is 0.298 e. The topological polar surface area (TPSA) is 54.5 Å². The zero-order valence-corrected chi connectivity index (χ0v) is 10.3. The Balaban J connectivity index is 2.32. The van der Waals surface area contributed by atoms with Gasteiger partial charge in [-0.15, -0.1) is 0 Å². The van der Waals surface area contributed by atoms with E-state index >= 15 is 0 Å². The number of hydrogen-bond donors (Lipinski definition) is 0. The lowest BCUT2D eigenvalue weighted by Gasteiger charge is -2.25. The van der Waals surface area contributed by atoms with E-state index < -0.39 is 10.0 Å². The number of rotatable bonds is 3. The third-order valence-corrected chi connectivity index (χ3v) is 4.84. The van der Waals surface area contributed by atoms with E-state index in [0.717, 1.165) is 19.3 Å². The van der Waals surface area contributed by atoms with Gasteiger partial charge in [-0.3, -0.25) is 4.79 Å². The summed E-state index contributed by atoms with van der Waals surface area (Å²) >= 11 is 0. The second-order valence-electron chi connectivity index (χ2n) is 4.16. The molecule has 17 heavy (non-hydrogen) atoms. The minimum atomic E-state index is -3.42. The van der Waals surface area contributed by atoms with E-state index in [1.807, 2.05) is 0 Å². The predicted molar refractivity (Wildman–Crippen MR) is 64.4 cm³/mol. The molecule has 1 aromatic carbocycles. The van der Waals surface area contributed by atoms with Gasteiger partial charge in [0.25, 0.3) is 0 Å². The Kier molecular flexibility index (Phi) is 3.59. The minimum absolute atomic E-state index is 0.212. The number of sulfonamides is 1. The van der Waals surface area contributed by atoms with Crippen molar-refractivity contribution in [1.82, 2.24) is 4.31 Å². The van der Waals surface area contributed by atoms with Gasteiger partial charge in [0, 0.05) is 18.7 Å². The Morgan fingerprint density at radius 1 is 1.12 bits per heavy atom. The van der Waals surface area contributed by atoms with Gasteiger partial charge in [-0.05, 0) is 25.0 Å². The van der Waals surface area contributed by atoms with E-state index in [-0.39, 0.29) is 4.90 Å². The minimum Gasteiger partial charge on any atom is -0.298 e. The van der Waals surface area contributed by atoms with Crippen LogP contribution in [0.4, 0.5) is 0 Å². The molecule has 92 valence electrons. The number of nitrogens with zero attached hydrogens (tertiary/aromatic N) is 1. The van der Waals surface area contributed by atoms with Crippen LogP contribution in [0.2, 0.25) is 0 Å². The molecule has 5 heteroatoms. The van der Waals surface area contributed by atoms with Crippen LogP contribution in [-0.4, -0.2) is 32.1 Å². The molecule has 1 fully saturated rings. The van der Waals surface area contributed by atoms with Crippen molar-refractivity contribution >= 4 is 16.3 Å². The average Bonchev–Trinajstić information content (AvgIpc) is 2.40. The average molecular weight is 253 g/mol. The zero-order chi connectivity index (χ0) is 12.3. The highest BCUT2D eigenvalue weighted by Gasteiger charge is 2.25. The molecule has 4 nitrogen and oxygen atoms in total. The standard InChI is InChI=1S/C12H15NO3S/c14-10-11-5-4-6-12(9-11)17(15,16)13-7-2-1-3-8-13/h4-6,9-10H,1-3,7-8H2. The van der Waals surface area contributed by atoms with Crippen LogP contribution >= 0.6 is 0 Å². The van der Waals surface area contributed by atoms with E-state index in [9.17, 15) is 13.2 Å². The molecule has 0 N–H and O–H groups in total. The summed E-state index contributed by atoms with van der Waals surface area (Å²) < 4.78 is 26.0. The van der Waals surface area contributed by atoms with E-state index in [1.165, 1.54) is 16.4 Å². The second kappa shape index (κ2) is 4.98. The molecular weight excluding hydrogens is 238 g/mol. The van der Waals surface area contributed by atoms with Gasteiger partial charge in [0.05, 0.1) is 4.90 Å². The number of carbonyl (C=O) groups excluding carboxylic acids is 1. The van der Waals surface area contributed by atoms with Gasteiger partial charge < -0.3 is 0 Å². The number of carbonyl (C=O) groups is 1. The summed E-state index contributed by atoms with van der Waals surface area (Å²) in [5.74, 6) is 0. The first-order valence-corrected chi connectivity index (χ1v) is 7.14. The summed E-state index contributed by atoms with van der Waals surface area (Å²) in [4.78, 5) is 10.9. The first-order valence-electron chi connectivity index (χ1n) is 5.70. The predicted octanol–water partition coefficient (Wildman–Crippen LogP) is 1.67. The fourth-order valence-electron chi connectivity index (χ4n) is 2.00. The quantitative estimate of drug-likeness (QED) is 0.770. The van der Waals surface area contributed by atoms with Crippen LogP contribution in [0.3, 0.4) is 0 Å². The maximum Gasteiger partial charge on any atom is 0.243 e. The SMILES string of the molecule is O=Cc1cccc(S(=O)(=O)N2CCCCC2)c1. The van der Waals surface area contributed by atoms with Crippen LogP contribution in [0.25, 0.3) is 0 Å². The summed E-state index contributed by atoms with van der Waals surface area (Å²) in [6, 6.07) is 6.16. The lowest BCUT2D eigenvalue weighted by atomic mass is 10.2. The maximum atomic E-state index is 12.3. The van der Waals surface area contributed by atoms with Crippen molar-refractivity contribution in [3.63, 3.8) is 0 Å². The van der Waals surface area contributed by atoms with E-state index in [1.54, 1.807) is 12.1 Å². The van der Waals surface area contributed by atoms with Crippen molar-refractivity contribution in [2.45, 2.75) is 24.2 Å². The smallest absolute Gasteiger partial charge is 0.243 e. The van der Waals surface area contributed by atoms with Gasteiger partial charge in [-0.2, -0.15) is 4.31 Å². The van der Waals surface area contributed by atoms with Crippen LogP contribution in [0, 0.1) is 0 Å². The zero-order valence-electron chi connectivity index (χ0n) is 9.50. The highest BCUT2D eigenvalue weighted by molar-refractivity contribution is 7.89. The van der Waals surface area contributed by atoms with E-state index in [2.05, 4.69) is 0 Å². The number of benzene rings is 1. The fraction of sp³-hybridized carbons (Fsp3) is 0.417. The third-order valence-electron chi connectivity index (χ3n) is 2.95. The Morgan fingerprint density at radius 3 is 2.47 bits per heavy atom. The molecule has 0 radical (unpaired) electrons. The van der Waals surface area contributed by atoms with E-state index in [0.29, 0.717) is 24.9 Å². The normalized spacial score (nSPS) is 17.9. The lowest BCUT2D eigenvalue weighted by molar-refractivity contribution is 0.112. The van der Waals surface area contributed by atoms with Gasteiger partial charge in [0.15, 0.2) is 0 Å². The van der Waals surface area contributed by atoms with Crippen LogP contribution in [0.1, 0.15) is 29.6 Å². The second-order valence-corrected chi connectivity index (χ2v) is 6.09. The number of aldehydes is 1. The molecular formula is C12H15NO3S.